The lowest BCUT2D eigenvalue weighted by molar-refractivity contribution is 0.102. The molecule has 4 aromatic rings. The third kappa shape index (κ3) is 6.60. The summed E-state index contributed by atoms with van der Waals surface area (Å²) in [5.41, 5.74) is 0.539. The van der Waals surface area contributed by atoms with E-state index in [2.05, 4.69) is 17.0 Å². The molecule has 230 valence electrons. The first-order valence-corrected chi connectivity index (χ1v) is 13.7. The second-order valence-electron chi connectivity index (χ2n) is 9.98. The number of pyridine rings is 1. The monoisotopic (exact) mass is 612 g/mol. The Hall–Kier alpha value is -5.76. The van der Waals surface area contributed by atoms with Crippen molar-refractivity contribution < 1.29 is 27.8 Å². The Labute approximate surface area is 258 Å². The second-order valence-corrected chi connectivity index (χ2v) is 9.98. The topological polar surface area (TPSA) is 115 Å². The lowest BCUT2D eigenvalue weighted by atomic mass is 9.98. The molecule has 1 heterocycles. The third-order valence-corrected chi connectivity index (χ3v) is 6.90. The van der Waals surface area contributed by atoms with Crippen LogP contribution >= 0.6 is 0 Å². The number of nitrogens with one attached hydrogen (secondary N) is 1. The van der Waals surface area contributed by atoms with Crippen molar-refractivity contribution in [2.75, 3.05) is 19.5 Å². The van der Waals surface area contributed by atoms with E-state index in [-0.39, 0.29) is 40.1 Å². The van der Waals surface area contributed by atoms with E-state index in [1.165, 1.54) is 44.6 Å². The van der Waals surface area contributed by atoms with Crippen LogP contribution in [0.5, 0.6) is 17.2 Å². The van der Waals surface area contributed by atoms with Crippen molar-refractivity contribution in [1.29, 1.82) is 5.26 Å². The zero-order chi connectivity index (χ0) is 32.8. The normalized spacial score (nSPS) is 11.1. The summed E-state index contributed by atoms with van der Waals surface area (Å²) in [6.45, 7) is 8.90. The van der Waals surface area contributed by atoms with Crippen molar-refractivity contribution >= 4 is 29.8 Å². The third-order valence-electron chi connectivity index (χ3n) is 6.90. The summed E-state index contributed by atoms with van der Waals surface area (Å²) in [5.74, 6) is -1.44. The van der Waals surface area contributed by atoms with Gasteiger partial charge in [0, 0.05) is 23.4 Å². The Morgan fingerprint density at radius 1 is 1.00 bits per heavy atom. The van der Waals surface area contributed by atoms with Crippen molar-refractivity contribution in [3.63, 3.8) is 0 Å². The number of rotatable bonds is 10. The Kier molecular flexibility index (Phi) is 9.78. The van der Waals surface area contributed by atoms with Crippen molar-refractivity contribution in [3.05, 3.63) is 111 Å². The number of benzene rings is 3. The van der Waals surface area contributed by atoms with Gasteiger partial charge < -0.3 is 19.5 Å². The van der Waals surface area contributed by atoms with Crippen LogP contribution in [0.15, 0.2) is 76.5 Å². The minimum absolute atomic E-state index is 0.0229. The van der Waals surface area contributed by atoms with Crippen molar-refractivity contribution in [2.24, 2.45) is 4.99 Å². The number of aromatic nitrogens is 1. The van der Waals surface area contributed by atoms with Crippen LogP contribution in [0.4, 0.5) is 20.2 Å². The first-order valence-electron chi connectivity index (χ1n) is 13.7. The number of allylic oxidation sites excluding steroid dienone is 1. The van der Waals surface area contributed by atoms with Crippen LogP contribution in [0.25, 0.3) is 11.4 Å². The zero-order valence-electron chi connectivity index (χ0n) is 25.3. The predicted molar refractivity (Wildman–Crippen MR) is 168 cm³/mol. The molecule has 0 aliphatic rings. The molecule has 11 heteroatoms. The van der Waals surface area contributed by atoms with Crippen LogP contribution in [-0.2, 0) is 0 Å². The summed E-state index contributed by atoms with van der Waals surface area (Å²) >= 11 is 0. The molecule has 0 fully saturated rings. The molecule has 3 aromatic carbocycles. The maximum atomic E-state index is 15.3. The van der Waals surface area contributed by atoms with Crippen molar-refractivity contribution in [3.8, 4) is 29.0 Å². The van der Waals surface area contributed by atoms with Gasteiger partial charge in [0.1, 0.15) is 28.9 Å². The molecule has 0 spiro atoms. The number of amides is 1. The molecule has 0 aliphatic carbocycles. The molecule has 0 atom stereocenters. The van der Waals surface area contributed by atoms with E-state index in [9.17, 15) is 19.2 Å². The van der Waals surface area contributed by atoms with E-state index in [0.717, 1.165) is 22.8 Å². The molecule has 0 unspecified atom stereocenters. The Morgan fingerprint density at radius 2 is 1.67 bits per heavy atom. The van der Waals surface area contributed by atoms with Gasteiger partial charge in [0.05, 0.1) is 25.6 Å². The molecular weight excluding hydrogens is 582 g/mol. The Bertz CT molecular complexity index is 1910. The highest BCUT2D eigenvalue weighted by Gasteiger charge is 2.23. The second kappa shape index (κ2) is 13.7. The minimum atomic E-state index is -0.823. The van der Waals surface area contributed by atoms with E-state index in [4.69, 9.17) is 14.2 Å². The molecule has 45 heavy (non-hydrogen) atoms. The van der Waals surface area contributed by atoms with Crippen LogP contribution in [0.2, 0.25) is 0 Å². The van der Waals surface area contributed by atoms with Gasteiger partial charge in [-0.2, -0.15) is 5.26 Å². The number of halogens is 2. The van der Waals surface area contributed by atoms with Gasteiger partial charge in [-0.1, -0.05) is 13.8 Å². The van der Waals surface area contributed by atoms with Crippen LogP contribution in [-0.4, -0.2) is 31.4 Å². The van der Waals surface area contributed by atoms with E-state index >= 15 is 4.39 Å². The van der Waals surface area contributed by atoms with Gasteiger partial charge in [-0.3, -0.25) is 19.1 Å². The summed E-state index contributed by atoms with van der Waals surface area (Å²) in [4.78, 5) is 30.9. The van der Waals surface area contributed by atoms with Gasteiger partial charge in [0.15, 0.2) is 23.1 Å². The van der Waals surface area contributed by atoms with Crippen LogP contribution in [0.1, 0.15) is 53.9 Å². The lowest BCUT2D eigenvalue weighted by Crippen LogP contribution is -2.31. The molecule has 0 saturated heterocycles. The van der Waals surface area contributed by atoms with Gasteiger partial charge in [0.2, 0.25) is 0 Å². The maximum absolute atomic E-state index is 15.3. The van der Waals surface area contributed by atoms with E-state index in [1.807, 2.05) is 6.07 Å². The number of ether oxygens (including phenoxy) is 3. The van der Waals surface area contributed by atoms with Crippen LogP contribution in [0, 0.1) is 23.0 Å². The summed E-state index contributed by atoms with van der Waals surface area (Å²) < 4.78 is 46.5. The fourth-order valence-electron chi connectivity index (χ4n) is 4.63. The minimum Gasteiger partial charge on any atom is -0.493 e. The largest absolute Gasteiger partial charge is 0.493 e. The molecule has 0 radical (unpaired) electrons. The average Bonchev–Trinajstić information content (AvgIpc) is 3.03. The number of methoxy groups -OCH3 is 2. The molecule has 0 saturated carbocycles. The lowest BCUT2D eigenvalue weighted by Gasteiger charge is -2.17. The van der Waals surface area contributed by atoms with Gasteiger partial charge >= 0.3 is 0 Å². The number of hydrogen-bond acceptors (Lipinski definition) is 7. The number of anilines is 1. The van der Waals surface area contributed by atoms with Crippen LogP contribution < -0.4 is 25.1 Å². The van der Waals surface area contributed by atoms with Crippen LogP contribution in [0.3, 0.4) is 0 Å². The number of hydrogen-bond donors (Lipinski definition) is 1. The van der Waals surface area contributed by atoms with Crippen molar-refractivity contribution in [2.45, 2.75) is 26.7 Å². The number of carbonyl (C=O) groups excluding carboxylic acids is 1. The van der Waals surface area contributed by atoms with E-state index in [0.29, 0.717) is 28.3 Å². The molecule has 4 rings (SSSR count). The Morgan fingerprint density at radius 3 is 2.22 bits per heavy atom. The number of nitriles is 1. The quantitative estimate of drug-likeness (QED) is 0.150. The zero-order valence-corrected chi connectivity index (χ0v) is 25.3. The number of aliphatic imine (C=N–C) groups is 1. The van der Waals surface area contributed by atoms with Crippen molar-refractivity contribution in [1.82, 2.24) is 4.57 Å². The number of nitrogens with zero attached hydrogens (tertiary/aromatic N) is 3. The molecular formula is C34H30F2N4O5. The smallest absolute Gasteiger partial charge is 0.269 e. The van der Waals surface area contributed by atoms with Gasteiger partial charge in [-0.15, -0.1) is 0 Å². The standard InChI is InChI=1S/C34H30F2N4O5/c1-7-29(24-16-31(43-5)32(44-6)17-27(24)38-4)45-30-13-10-21(14-26(30)36)39-33(41)25-15-23(19(2)3)28(18-37)40(34(25)42)22-11-8-20(35)9-12-22/h7-17,19H,4H2,1-3,5-6H3,(H,39,41)/b29-7+. The molecule has 1 aromatic heterocycles. The van der Waals surface area contributed by atoms with E-state index in [1.54, 1.807) is 39.0 Å². The summed E-state index contributed by atoms with van der Waals surface area (Å²) in [6.07, 6.45) is 1.62. The highest BCUT2D eigenvalue weighted by molar-refractivity contribution is 6.04. The highest BCUT2D eigenvalue weighted by Crippen LogP contribution is 2.39. The number of carbonyl (C=O) groups is 1. The molecule has 0 aliphatic heterocycles. The summed E-state index contributed by atoms with van der Waals surface area (Å²) in [5, 5.41) is 12.4. The van der Waals surface area contributed by atoms with Gasteiger partial charge in [-0.05, 0) is 79.7 Å². The molecule has 1 N–H and O–H groups in total. The predicted octanol–water partition coefficient (Wildman–Crippen LogP) is 7.15. The van der Waals surface area contributed by atoms with E-state index < -0.39 is 23.1 Å². The fourth-order valence-corrected chi connectivity index (χ4v) is 4.63. The SMILES string of the molecule is C=Nc1cc(OC)c(OC)cc1/C(=C\C)Oc1ccc(NC(=O)c2cc(C(C)C)c(C#N)n(-c3ccc(F)cc3)c2=O)cc1F. The van der Waals surface area contributed by atoms with Gasteiger partial charge in [-0.25, -0.2) is 8.78 Å². The summed E-state index contributed by atoms with van der Waals surface area (Å²) in [7, 11) is 2.96. The molecule has 0 bridgehead atoms. The average molecular weight is 613 g/mol. The molecule has 1 amide bonds. The van der Waals surface area contributed by atoms with Gasteiger partial charge in [0.25, 0.3) is 11.5 Å². The Balaban J connectivity index is 1.67. The summed E-state index contributed by atoms with van der Waals surface area (Å²) in [6, 6.07) is 15.4. The first-order chi connectivity index (χ1) is 21.6. The molecule has 9 nitrogen and oxygen atoms in total. The highest BCUT2D eigenvalue weighted by atomic mass is 19.1. The fraction of sp³-hybridized carbons (Fsp3) is 0.176. The maximum Gasteiger partial charge on any atom is 0.269 e. The first kappa shape index (κ1) is 32.2.